The fourth-order valence-corrected chi connectivity index (χ4v) is 4.44. The van der Waals surface area contributed by atoms with Crippen molar-refractivity contribution in [1.29, 1.82) is 0 Å². The number of nitrogens with one attached hydrogen (secondary N) is 1. The molecule has 3 nitrogen and oxygen atoms in total. The average molecular weight is 390 g/mol. The summed E-state index contributed by atoms with van der Waals surface area (Å²) in [5.74, 6) is 0.845. The van der Waals surface area contributed by atoms with E-state index in [-0.39, 0.29) is 16.8 Å². The van der Waals surface area contributed by atoms with Crippen LogP contribution in [-0.2, 0) is 6.18 Å². The van der Waals surface area contributed by atoms with Gasteiger partial charge in [-0.05, 0) is 56.6 Å². The van der Waals surface area contributed by atoms with Crippen LogP contribution in [0.15, 0.2) is 12.1 Å². The third-order valence-corrected chi connectivity index (χ3v) is 6.15. The molecule has 0 unspecified atom stereocenters. The lowest BCUT2D eigenvalue weighted by Crippen LogP contribution is -2.45. The number of alkyl halides is 3. The van der Waals surface area contributed by atoms with Crippen molar-refractivity contribution in [3.63, 3.8) is 0 Å². The smallest absolute Gasteiger partial charge is 0.397 e. The maximum absolute atomic E-state index is 12.9. The summed E-state index contributed by atoms with van der Waals surface area (Å²) in [5.41, 5.74) is 5.53. The van der Waals surface area contributed by atoms with Crippen LogP contribution in [0.25, 0.3) is 0 Å². The number of halogens is 4. The van der Waals surface area contributed by atoms with Crippen LogP contribution in [0.4, 0.5) is 24.5 Å². The minimum atomic E-state index is -4.49. The summed E-state index contributed by atoms with van der Waals surface area (Å²) in [6.45, 7) is 4.36. The molecule has 1 saturated carbocycles. The highest BCUT2D eigenvalue weighted by atomic mass is 35.5. The minimum Gasteiger partial charge on any atom is -0.397 e. The highest BCUT2D eigenvalue weighted by Crippen LogP contribution is 2.39. The first-order valence-electron chi connectivity index (χ1n) is 9.41. The standard InChI is InChI=1S/C19H27ClF3N3/c1-12-2-4-14(5-3-12)26-8-6-13(7-9-26)25-18-11-16(20)15(10-17(18)24)19(21,22)23/h10-14,25H,2-9,24H2,1H3/t12-,14-. The molecule has 7 heteroatoms. The molecule has 3 N–H and O–H groups in total. The number of likely N-dealkylation sites (tertiary alicyclic amines) is 1. The van der Waals surface area contributed by atoms with Gasteiger partial charge >= 0.3 is 6.18 Å². The summed E-state index contributed by atoms with van der Waals surface area (Å²) < 4.78 is 38.7. The quantitative estimate of drug-likeness (QED) is 0.680. The van der Waals surface area contributed by atoms with Gasteiger partial charge in [-0.2, -0.15) is 13.2 Å². The van der Waals surface area contributed by atoms with Crippen molar-refractivity contribution in [2.45, 2.75) is 63.7 Å². The molecule has 26 heavy (non-hydrogen) atoms. The zero-order valence-corrected chi connectivity index (χ0v) is 15.8. The summed E-state index contributed by atoms with van der Waals surface area (Å²) in [7, 11) is 0. The zero-order valence-electron chi connectivity index (χ0n) is 15.1. The fourth-order valence-electron chi connectivity index (χ4n) is 4.17. The van der Waals surface area contributed by atoms with Crippen molar-refractivity contribution in [3.05, 3.63) is 22.7 Å². The molecule has 3 rings (SSSR count). The first-order chi connectivity index (χ1) is 12.2. The van der Waals surface area contributed by atoms with Gasteiger partial charge in [0.2, 0.25) is 0 Å². The van der Waals surface area contributed by atoms with Gasteiger partial charge < -0.3 is 16.0 Å². The number of hydrogen-bond acceptors (Lipinski definition) is 3. The third-order valence-electron chi connectivity index (χ3n) is 5.84. The van der Waals surface area contributed by atoms with Gasteiger partial charge in [-0.1, -0.05) is 18.5 Å². The van der Waals surface area contributed by atoms with Crippen molar-refractivity contribution >= 4 is 23.0 Å². The highest BCUT2D eigenvalue weighted by Gasteiger charge is 2.34. The number of rotatable bonds is 3. The van der Waals surface area contributed by atoms with E-state index in [2.05, 4.69) is 17.1 Å². The second-order valence-electron chi connectivity index (χ2n) is 7.79. The van der Waals surface area contributed by atoms with Gasteiger partial charge in [0, 0.05) is 25.2 Å². The van der Waals surface area contributed by atoms with E-state index in [1.165, 1.54) is 31.7 Å². The molecule has 1 aliphatic carbocycles. The van der Waals surface area contributed by atoms with Crippen LogP contribution >= 0.6 is 11.6 Å². The zero-order chi connectivity index (χ0) is 18.9. The monoisotopic (exact) mass is 389 g/mol. The average Bonchev–Trinajstić information content (AvgIpc) is 2.58. The van der Waals surface area contributed by atoms with Crippen molar-refractivity contribution < 1.29 is 13.2 Å². The predicted molar refractivity (Wildman–Crippen MR) is 101 cm³/mol. The lowest BCUT2D eigenvalue weighted by Gasteiger charge is -2.40. The van der Waals surface area contributed by atoms with Crippen LogP contribution < -0.4 is 11.1 Å². The number of nitrogen functional groups attached to an aromatic ring is 1. The van der Waals surface area contributed by atoms with Crippen LogP contribution in [0.1, 0.15) is 51.0 Å². The molecule has 146 valence electrons. The Morgan fingerprint density at radius 1 is 1.08 bits per heavy atom. The molecule has 1 aliphatic heterocycles. The lowest BCUT2D eigenvalue weighted by atomic mass is 9.85. The van der Waals surface area contributed by atoms with Crippen molar-refractivity contribution in [2.24, 2.45) is 5.92 Å². The largest absolute Gasteiger partial charge is 0.417 e. The van der Waals surface area contributed by atoms with E-state index in [1.54, 1.807) is 0 Å². The summed E-state index contributed by atoms with van der Waals surface area (Å²) in [5, 5.41) is 2.98. The summed E-state index contributed by atoms with van der Waals surface area (Å²) in [6.07, 6.45) is 2.61. The number of piperidine rings is 1. The van der Waals surface area contributed by atoms with Gasteiger partial charge in [0.1, 0.15) is 0 Å². The lowest BCUT2D eigenvalue weighted by molar-refractivity contribution is -0.137. The molecular formula is C19H27ClF3N3. The molecule has 0 bridgehead atoms. The van der Waals surface area contributed by atoms with Gasteiger partial charge in [-0.25, -0.2) is 0 Å². The van der Waals surface area contributed by atoms with Crippen molar-refractivity contribution in [1.82, 2.24) is 4.90 Å². The second kappa shape index (κ2) is 7.85. The van der Waals surface area contributed by atoms with Gasteiger partial charge in [0.25, 0.3) is 0 Å². The van der Waals surface area contributed by atoms with E-state index < -0.39 is 11.7 Å². The molecule has 0 aromatic heterocycles. The van der Waals surface area contributed by atoms with E-state index in [9.17, 15) is 13.2 Å². The molecule has 0 radical (unpaired) electrons. The molecule has 2 fully saturated rings. The summed E-state index contributed by atoms with van der Waals surface area (Å²) >= 11 is 5.82. The Balaban J connectivity index is 1.57. The number of benzene rings is 1. The Bertz CT molecular complexity index is 619. The van der Waals surface area contributed by atoms with E-state index in [0.717, 1.165) is 37.9 Å². The van der Waals surface area contributed by atoms with E-state index in [0.29, 0.717) is 11.7 Å². The van der Waals surface area contributed by atoms with E-state index >= 15 is 0 Å². The fraction of sp³-hybridized carbons (Fsp3) is 0.684. The predicted octanol–water partition coefficient (Wildman–Crippen LogP) is 5.40. The molecular weight excluding hydrogens is 363 g/mol. The van der Waals surface area contributed by atoms with Gasteiger partial charge in [-0.3, -0.25) is 0 Å². The van der Waals surface area contributed by atoms with E-state index in [1.807, 2.05) is 0 Å². The summed E-state index contributed by atoms with van der Waals surface area (Å²) in [6, 6.07) is 3.12. The van der Waals surface area contributed by atoms with Crippen molar-refractivity contribution in [2.75, 3.05) is 24.1 Å². The van der Waals surface area contributed by atoms with Crippen LogP contribution in [0.5, 0.6) is 0 Å². The molecule has 0 amide bonds. The first kappa shape index (κ1) is 19.6. The van der Waals surface area contributed by atoms with Crippen molar-refractivity contribution in [3.8, 4) is 0 Å². The molecule has 0 spiro atoms. The van der Waals surface area contributed by atoms with Gasteiger partial charge in [0.05, 0.1) is 22.0 Å². The second-order valence-corrected chi connectivity index (χ2v) is 8.19. The number of anilines is 2. The number of nitrogens with two attached hydrogens (primary N) is 1. The molecule has 2 aliphatic rings. The Labute approximate surface area is 158 Å². The van der Waals surface area contributed by atoms with Gasteiger partial charge in [0.15, 0.2) is 0 Å². The molecule has 0 atom stereocenters. The first-order valence-corrected chi connectivity index (χ1v) is 9.78. The van der Waals surface area contributed by atoms with Crippen LogP contribution in [-0.4, -0.2) is 30.1 Å². The normalized spacial score (nSPS) is 26.0. The SMILES string of the molecule is C[C@H]1CC[C@H](N2CCC(Nc3cc(Cl)c(C(F)(F)F)cc3N)CC2)CC1. The summed E-state index contributed by atoms with van der Waals surface area (Å²) in [4.78, 5) is 2.58. The maximum Gasteiger partial charge on any atom is 0.417 e. The van der Waals surface area contributed by atoms with E-state index in [4.69, 9.17) is 17.3 Å². The topological polar surface area (TPSA) is 41.3 Å². The molecule has 1 aromatic rings. The Morgan fingerprint density at radius 3 is 2.27 bits per heavy atom. The van der Waals surface area contributed by atoms with Crippen LogP contribution in [0, 0.1) is 5.92 Å². The molecule has 1 saturated heterocycles. The van der Waals surface area contributed by atoms with Crippen LogP contribution in [0.3, 0.4) is 0 Å². The molecule has 1 aromatic carbocycles. The maximum atomic E-state index is 12.9. The molecule has 1 heterocycles. The third kappa shape index (κ3) is 4.58. The van der Waals surface area contributed by atoms with Crippen LogP contribution in [0.2, 0.25) is 5.02 Å². The minimum absolute atomic E-state index is 0.0884. The Morgan fingerprint density at radius 2 is 1.69 bits per heavy atom. The number of nitrogens with zero attached hydrogens (tertiary/aromatic N) is 1. The number of hydrogen-bond donors (Lipinski definition) is 2. The Kier molecular flexibility index (Phi) is 5.92. The Hall–Kier alpha value is -1.14. The van der Waals surface area contributed by atoms with Gasteiger partial charge in [-0.15, -0.1) is 0 Å². The highest BCUT2D eigenvalue weighted by molar-refractivity contribution is 6.32.